The van der Waals surface area contributed by atoms with Crippen LogP contribution in [0.3, 0.4) is 0 Å². The molecule has 0 aromatic carbocycles. The van der Waals surface area contributed by atoms with Gasteiger partial charge in [0.05, 0.1) is 6.33 Å². The van der Waals surface area contributed by atoms with E-state index >= 15 is 0 Å². The fourth-order valence-corrected chi connectivity index (χ4v) is 2.14. The number of halogens is 9. The summed E-state index contributed by atoms with van der Waals surface area (Å²) >= 11 is 37.8. The molecule has 0 heterocycles. The second kappa shape index (κ2) is 5.51. The number of hydrogen-bond acceptors (Lipinski definition) is 0. The van der Waals surface area contributed by atoms with E-state index in [4.69, 9.17) is 81.2 Å². The van der Waals surface area contributed by atoms with Crippen LogP contribution < -0.4 is 0 Å². The second-order valence-electron chi connectivity index (χ2n) is 2.44. The lowest BCUT2D eigenvalue weighted by Crippen LogP contribution is -2.48. The van der Waals surface area contributed by atoms with Crippen LogP contribution in [0.5, 0.6) is 0 Å². The predicted octanol–water partition coefficient (Wildman–Crippen LogP) is 5.53. The molecule has 0 bridgehead atoms. The molecule has 0 rings (SSSR count). The molecule has 0 radical (unpaired) electrons. The zero-order chi connectivity index (χ0) is 12.5. The zero-order valence-electron chi connectivity index (χ0n) is 6.63. The first kappa shape index (κ1) is 16.6. The van der Waals surface area contributed by atoms with Crippen molar-refractivity contribution in [2.45, 2.75) is 18.6 Å². The molecule has 1 unspecified atom stereocenters. The van der Waals surface area contributed by atoms with Crippen LogP contribution in [0.4, 0.5) is 8.78 Å². The standard InChI is InChI=1S/C6H3Cl7F2/c7-3(6(12,13)15)5(10,11)4(8,9)1-2-14/h1-3H. The van der Waals surface area contributed by atoms with Crippen LogP contribution in [0.25, 0.3) is 0 Å². The van der Waals surface area contributed by atoms with Crippen molar-refractivity contribution in [3.8, 4) is 0 Å². The van der Waals surface area contributed by atoms with Crippen molar-refractivity contribution in [1.29, 1.82) is 0 Å². The minimum Gasteiger partial charge on any atom is -0.216 e. The van der Waals surface area contributed by atoms with Gasteiger partial charge in [-0.2, -0.15) is 0 Å². The van der Waals surface area contributed by atoms with Crippen LogP contribution >= 0.6 is 81.2 Å². The highest BCUT2D eigenvalue weighted by Gasteiger charge is 2.58. The Bertz CT molecular complexity index is 244. The summed E-state index contributed by atoms with van der Waals surface area (Å²) in [7, 11) is 0. The van der Waals surface area contributed by atoms with Crippen molar-refractivity contribution in [2.75, 3.05) is 0 Å². The van der Waals surface area contributed by atoms with Crippen molar-refractivity contribution in [3.63, 3.8) is 0 Å². The Morgan fingerprint density at radius 1 is 1.00 bits per heavy atom. The topological polar surface area (TPSA) is 0 Å². The van der Waals surface area contributed by atoms with Crippen molar-refractivity contribution in [1.82, 2.24) is 0 Å². The number of hydrogen-bond donors (Lipinski definition) is 0. The van der Waals surface area contributed by atoms with E-state index in [2.05, 4.69) is 0 Å². The Hall–Kier alpha value is 1.63. The van der Waals surface area contributed by atoms with Gasteiger partial charge in [0.15, 0.2) is 8.67 Å². The molecule has 0 saturated carbocycles. The smallest absolute Gasteiger partial charge is 0.216 e. The van der Waals surface area contributed by atoms with E-state index in [0.717, 1.165) is 0 Å². The molecule has 0 amide bonds. The maximum atomic E-state index is 13.0. The summed E-state index contributed by atoms with van der Waals surface area (Å²) in [4.78, 5) is 0. The first-order valence-corrected chi connectivity index (χ1v) is 5.91. The van der Waals surface area contributed by atoms with E-state index in [1.165, 1.54) is 0 Å². The minimum atomic E-state index is -2.98. The Balaban J connectivity index is 5.13. The Morgan fingerprint density at radius 2 is 1.40 bits per heavy atom. The Morgan fingerprint density at radius 3 is 1.67 bits per heavy atom. The van der Waals surface area contributed by atoms with Gasteiger partial charge in [-0.15, -0.1) is 11.6 Å². The fraction of sp³-hybridized carbons (Fsp3) is 0.667. The zero-order valence-corrected chi connectivity index (χ0v) is 11.9. The summed E-state index contributed by atoms with van der Waals surface area (Å²) in [5.41, 5.74) is 0. The number of alkyl halides is 8. The van der Waals surface area contributed by atoms with E-state index in [9.17, 15) is 8.78 Å². The van der Waals surface area contributed by atoms with Gasteiger partial charge in [0.1, 0.15) is 5.38 Å². The third-order valence-electron chi connectivity index (χ3n) is 1.32. The predicted molar refractivity (Wildman–Crippen MR) is 64.3 cm³/mol. The van der Waals surface area contributed by atoms with Gasteiger partial charge in [0.25, 0.3) is 4.59 Å². The van der Waals surface area contributed by atoms with Crippen LogP contribution in [-0.4, -0.2) is 18.6 Å². The average molecular weight is 361 g/mol. The van der Waals surface area contributed by atoms with E-state index < -0.39 is 18.6 Å². The van der Waals surface area contributed by atoms with E-state index in [-0.39, 0.29) is 6.33 Å². The Kier molecular flexibility index (Phi) is 6.11. The van der Waals surface area contributed by atoms with Gasteiger partial charge in [-0.1, -0.05) is 69.6 Å². The maximum Gasteiger partial charge on any atom is 0.276 e. The summed E-state index contributed by atoms with van der Waals surface area (Å²) in [5.74, 6) is 0. The molecule has 0 nitrogen and oxygen atoms in total. The van der Waals surface area contributed by atoms with Crippen molar-refractivity contribution < 1.29 is 8.78 Å². The Labute approximate surface area is 120 Å². The highest BCUT2D eigenvalue weighted by Crippen LogP contribution is 2.53. The van der Waals surface area contributed by atoms with E-state index in [0.29, 0.717) is 6.08 Å². The molecule has 0 aliphatic carbocycles. The molecular weight excluding hydrogens is 358 g/mol. The van der Waals surface area contributed by atoms with Gasteiger partial charge in [-0.3, -0.25) is 0 Å². The molecule has 1 atom stereocenters. The summed E-state index contributed by atoms with van der Waals surface area (Å²) in [5, 5.41) is -1.89. The van der Waals surface area contributed by atoms with E-state index in [1.54, 1.807) is 0 Å². The largest absolute Gasteiger partial charge is 0.276 e. The summed E-state index contributed by atoms with van der Waals surface area (Å²) in [6.07, 6.45) is 0.552. The number of allylic oxidation sites excluding steroid dienone is 1. The van der Waals surface area contributed by atoms with E-state index in [1.807, 2.05) is 0 Å². The molecule has 0 spiro atoms. The average Bonchev–Trinajstić information content (AvgIpc) is 2.00. The first-order valence-electron chi connectivity index (χ1n) is 3.21. The van der Waals surface area contributed by atoms with Gasteiger partial charge < -0.3 is 0 Å². The van der Waals surface area contributed by atoms with Gasteiger partial charge in [0.2, 0.25) is 0 Å². The summed E-state index contributed by atoms with van der Waals surface area (Å²) in [6, 6.07) is 0. The van der Waals surface area contributed by atoms with Crippen molar-refractivity contribution in [2.24, 2.45) is 0 Å². The number of rotatable bonds is 4. The molecule has 0 aromatic rings. The van der Waals surface area contributed by atoms with Gasteiger partial charge in [-0.05, 0) is 6.08 Å². The third kappa shape index (κ3) is 4.09. The van der Waals surface area contributed by atoms with Crippen molar-refractivity contribution in [3.05, 3.63) is 12.4 Å². The van der Waals surface area contributed by atoms with Gasteiger partial charge in [0, 0.05) is 0 Å². The van der Waals surface area contributed by atoms with Crippen LogP contribution in [0, 0.1) is 0 Å². The molecule has 0 aliphatic rings. The van der Waals surface area contributed by atoms with Crippen LogP contribution in [0.2, 0.25) is 0 Å². The quantitative estimate of drug-likeness (QED) is 0.578. The maximum absolute atomic E-state index is 13.0. The minimum absolute atomic E-state index is 0.0223. The molecule has 0 fully saturated rings. The highest BCUT2D eigenvalue weighted by atomic mass is 35.5. The lowest BCUT2D eigenvalue weighted by atomic mass is 10.2. The molecule has 0 N–H and O–H groups in total. The third-order valence-corrected chi connectivity index (χ3v) is 5.10. The molecule has 0 aliphatic heterocycles. The summed E-state index contributed by atoms with van der Waals surface area (Å²) in [6.45, 7) is 0. The van der Waals surface area contributed by atoms with Crippen LogP contribution in [0.15, 0.2) is 12.4 Å². The molecule has 9 heteroatoms. The van der Waals surface area contributed by atoms with Gasteiger partial charge in [-0.25, -0.2) is 8.78 Å². The van der Waals surface area contributed by atoms with Crippen LogP contribution in [0.1, 0.15) is 0 Å². The van der Waals surface area contributed by atoms with Gasteiger partial charge >= 0.3 is 0 Å². The lowest BCUT2D eigenvalue weighted by molar-refractivity contribution is 0.359. The molecule has 15 heavy (non-hydrogen) atoms. The molecular formula is C6H3Cl7F2. The first-order chi connectivity index (χ1) is 6.47. The van der Waals surface area contributed by atoms with Crippen LogP contribution in [-0.2, 0) is 0 Å². The molecule has 0 saturated heterocycles. The SMILES string of the molecule is FC=CC(Cl)(Cl)C(Cl)(Cl)C(Cl)C(F)(Cl)Cl. The molecule has 0 aromatic heterocycles. The second-order valence-corrected chi connectivity index (χ2v) is 6.94. The highest BCUT2D eigenvalue weighted by molar-refractivity contribution is 6.66. The lowest BCUT2D eigenvalue weighted by Gasteiger charge is -2.35. The van der Waals surface area contributed by atoms with Crippen molar-refractivity contribution >= 4 is 81.2 Å². The summed E-state index contributed by atoms with van der Waals surface area (Å²) < 4.78 is 17.4. The molecule has 90 valence electrons. The fourth-order valence-electron chi connectivity index (χ4n) is 0.565. The monoisotopic (exact) mass is 358 g/mol. The normalized spacial score (nSPS) is 17.1.